The largest absolute Gasteiger partial charge is 0.366 e. The Balaban J connectivity index is 0.00000180. The molecule has 1 atom stereocenters. The number of morpholine rings is 1. The number of nitrogens with one attached hydrogen (secondary N) is 1. The van der Waals surface area contributed by atoms with Crippen LogP contribution in [0.1, 0.15) is 12.5 Å². The topological polar surface area (TPSA) is 41.6 Å². The maximum absolute atomic E-state index is 12.4. The molecule has 0 aliphatic carbocycles. The van der Waals surface area contributed by atoms with Gasteiger partial charge in [0.05, 0.1) is 6.61 Å². The van der Waals surface area contributed by atoms with Crippen LogP contribution in [0.15, 0.2) is 24.3 Å². The third-order valence-electron chi connectivity index (χ3n) is 3.10. The van der Waals surface area contributed by atoms with E-state index in [0.717, 1.165) is 17.8 Å². The van der Waals surface area contributed by atoms with Gasteiger partial charge < -0.3 is 15.0 Å². The monoisotopic (exact) mass is 284 g/mol. The van der Waals surface area contributed by atoms with Crippen LogP contribution in [0.25, 0.3) is 0 Å². The van der Waals surface area contributed by atoms with Gasteiger partial charge in [-0.2, -0.15) is 0 Å². The van der Waals surface area contributed by atoms with Crippen LogP contribution < -0.4 is 10.2 Å². The van der Waals surface area contributed by atoms with Crippen molar-refractivity contribution in [3.63, 3.8) is 0 Å². The maximum Gasteiger partial charge on any atom is 0.257 e. The molecule has 0 saturated carbocycles. The summed E-state index contributed by atoms with van der Waals surface area (Å²) in [6, 6.07) is 7.99. The summed E-state index contributed by atoms with van der Waals surface area (Å²) < 4.78 is 5.52. The number of benzene rings is 1. The highest BCUT2D eigenvalue weighted by Gasteiger charge is 2.26. The van der Waals surface area contributed by atoms with Gasteiger partial charge in [0, 0.05) is 25.3 Å². The van der Waals surface area contributed by atoms with Gasteiger partial charge in [-0.15, -0.1) is 12.4 Å². The molecule has 2 rings (SSSR count). The Labute approximate surface area is 120 Å². The molecule has 1 aliphatic heterocycles. The van der Waals surface area contributed by atoms with E-state index in [-0.39, 0.29) is 24.4 Å². The molecular formula is C14H21ClN2O2. The summed E-state index contributed by atoms with van der Waals surface area (Å²) in [5.74, 6) is 0.0373. The number of amides is 1. The smallest absolute Gasteiger partial charge is 0.257 e. The first kappa shape index (κ1) is 16.0. The first-order valence-electron chi connectivity index (χ1n) is 6.42. The van der Waals surface area contributed by atoms with Gasteiger partial charge in [-0.25, -0.2) is 0 Å². The lowest BCUT2D eigenvalue weighted by Crippen LogP contribution is -2.49. The fourth-order valence-corrected chi connectivity index (χ4v) is 2.16. The number of nitrogens with zero attached hydrogens (tertiary/aromatic N) is 1. The molecule has 0 aromatic heterocycles. The average molecular weight is 285 g/mol. The number of carbonyl (C=O) groups excluding carboxylic acids is 1. The summed E-state index contributed by atoms with van der Waals surface area (Å²) in [6.45, 7) is 6.68. The average Bonchev–Trinajstić information content (AvgIpc) is 2.40. The molecule has 0 bridgehead atoms. The van der Waals surface area contributed by atoms with Gasteiger partial charge >= 0.3 is 0 Å². The van der Waals surface area contributed by atoms with Crippen molar-refractivity contribution in [2.24, 2.45) is 0 Å². The van der Waals surface area contributed by atoms with E-state index in [2.05, 4.69) is 5.32 Å². The third kappa shape index (κ3) is 3.93. The Kier molecular flexibility index (Phi) is 6.28. The Morgan fingerprint density at radius 3 is 2.89 bits per heavy atom. The van der Waals surface area contributed by atoms with Crippen molar-refractivity contribution >= 4 is 24.0 Å². The molecule has 1 fully saturated rings. The second-order valence-corrected chi connectivity index (χ2v) is 4.49. The van der Waals surface area contributed by atoms with Gasteiger partial charge in [-0.1, -0.05) is 12.1 Å². The molecular weight excluding hydrogens is 264 g/mol. The van der Waals surface area contributed by atoms with E-state index >= 15 is 0 Å². The molecule has 0 radical (unpaired) electrons. The van der Waals surface area contributed by atoms with Crippen molar-refractivity contribution < 1.29 is 9.53 Å². The van der Waals surface area contributed by atoms with Crippen LogP contribution in [-0.4, -0.2) is 38.3 Å². The molecule has 19 heavy (non-hydrogen) atoms. The van der Waals surface area contributed by atoms with E-state index in [9.17, 15) is 4.79 Å². The van der Waals surface area contributed by atoms with Crippen molar-refractivity contribution in [1.82, 2.24) is 5.32 Å². The quantitative estimate of drug-likeness (QED) is 0.920. The van der Waals surface area contributed by atoms with Crippen molar-refractivity contribution in [2.75, 3.05) is 31.1 Å². The molecule has 5 heteroatoms. The van der Waals surface area contributed by atoms with Crippen LogP contribution in [0.4, 0.5) is 5.69 Å². The zero-order valence-electron chi connectivity index (χ0n) is 11.4. The Hall–Kier alpha value is -1.10. The maximum atomic E-state index is 12.4. The lowest BCUT2D eigenvalue weighted by Gasteiger charge is -2.29. The van der Waals surface area contributed by atoms with Crippen molar-refractivity contribution in [2.45, 2.75) is 20.0 Å². The number of likely N-dealkylation sites (N-methyl/N-ethyl adjacent to an activating group) is 1. The molecule has 1 unspecified atom stereocenters. The van der Waals surface area contributed by atoms with Crippen LogP contribution in [0, 0.1) is 6.92 Å². The second kappa shape index (κ2) is 7.48. The predicted molar refractivity (Wildman–Crippen MR) is 79.1 cm³/mol. The number of ether oxygens (including phenoxy) is 1. The highest BCUT2D eigenvalue weighted by Crippen LogP contribution is 2.17. The number of anilines is 1. The number of rotatable bonds is 3. The molecule has 1 aromatic rings. The van der Waals surface area contributed by atoms with E-state index in [0.29, 0.717) is 19.7 Å². The molecule has 4 nitrogen and oxygen atoms in total. The molecule has 1 N–H and O–H groups in total. The van der Waals surface area contributed by atoms with E-state index in [4.69, 9.17) is 4.74 Å². The number of carbonyl (C=O) groups is 1. The third-order valence-corrected chi connectivity index (χ3v) is 3.10. The molecule has 1 aromatic carbocycles. The Bertz CT molecular complexity index is 420. The summed E-state index contributed by atoms with van der Waals surface area (Å²) in [4.78, 5) is 14.2. The Morgan fingerprint density at radius 1 is 1.53 bits per heavy atom. The fourth-order valence-electron chi connectivity index (χ4n) is 2.16. The SMILES string of the molecule is CCN(C(=O)C1CNCCO1)c1cccc(C)c1.Cl. The lowest BCUT2D eigenvalue weighted by molar-refractivity contribution is -0.131. The van der Waals surface area contributed by atoms with Crippen molar-refractivity contribution in [3.05, 3.63) is 29.8 Å². The van der Waals surface area contributed by atoms with Crippen LogP contribution in [-0.2, 0) is 9.53 Å². The van der Waals surface area contributed by atoms with Crippen molar-refractivity contribution in [1.29, 1.82) is 0 Å². The van der Waals surface area contributed by atoms with Gasteiger partial charge in [0.25, 0.3) is 5.91 Å². The van der Waals surface area contributed by atoms with Crippen LogP contribution in [0.3, 0.4) is 0 Å². The van der Waals surface area contributed by atoms with E-state index in [1.807, 2.05) is 38.1 Å². The first-order valence-corrected chi connectivity index (χ1v) is 6.42. The number of aryl methyl sites for hydroxylation is 1. The zero-order valence-corrected chi connectivity index (χ0v) is 12.2. The van der Waals surface area contributed by atoms with Gasteiger partial charge in [-0.3, -0.25) is 4.79 Å². The number of halogens is 1. The van der Waals surface area contributed by atoms with Gasteiger partial charge in [0.1, 0.15) is 6.10 Å². The van der Waals surface area contributed by atoms with Crippen LogP contribution in [0.5, 0.6) is 0 Å². The zero-order chi connectivity index (χ0) is 13.0. The van der Waals surface area contributed by atoms with Gasteiger partial charge in [0.15, 0.2) is 0 Å². The standard InChI is InChI=1S/C14H20N2O2.ClH/c1-3-16(12-6-4-5-11(2)9-12)14(17)13-10-15-7-8-18-13;/h4-6,9,13,15H,3,7-8,10H2,1-2H3;1H. The highest BCUT2D eigenvalue weighted by atomic mass is 35.5. The summed E-state index contributed by atoms with van der Waals surface area (Å²) in [5.41, 5.74) is 2.10. The van der Waals surface area contributed by atoms with Gasteiger partial charge in [-0.05, 0) is 31.5 Å². The summed E-state index contributed by atoms with van der Waals surface area (Å²) in [5, 5.41) is 3.19. The van der Waals surface area contributed by atoms with E-state index in [1.54, 1.807) is 4.90 Å². The summed E-state index contributed by atoms with van der Waals surface area (Å²) in [6.07, 6.45) is -0.362. The fraction of sp³-hybridized carbons (Fsp3) is 0.500. The minimum Gasteiger partial charge on any atom is -0.366 e. The number of hydrogen-bond donors (Lipinski definition) is 1. The first-order chi connectivity index (χ1) is 8.72. The van der Waals surface area contributed by atoms with Crippen LogP contribution in [0.2, 0.25) is 0 Å². The second-order valence-electron chi connectivity index (χ2n) is 4.49. The summed E-state index contributed by atoms with van der Waals surface area (Å²) in [7, 11) is 0. The Morgan fingerprint density at radius 2 is 2.32 bits per heavy atom. The predicted octanol–water partition coefficient (Wildman–Crippen LogP) is 1.76. The summed E-state index contributed by atoms with van der Waals surface area (Å²) >= 11 is 0. The normalized spacial score (nSPS) is 18.5. The number of hydrogen-bond acceptors (Lipinski definition) is 3. The molecule has 0 spiro atoms. The molecule has 1 aliphatic rings. The minimum atomic E-state index is -0.362. The van der Waals surface area contributed by atoms with Gasteiger partial charge in [0.2, 0.25) is 0 Å². The van der Waals surface area contributed by atoms with Crippen LogP contribution >= 0.6 is 12.4 Å². The lowest BCUT2D eigenvalue weighted by atomic mass is 10.2. The molecule has 1 heterocycles. The van der Waals surface area contributed by atoms with E-state index < -0.39 is 0 Å². The molecule has 1 amide bonds. The van der Waals surface area contributed by atoms with E-state index in [1.165, 1.54) is 0 Å². The van der Waals surface area contributed by atoms with Crippen molar-refractivity contribution in [3.8, 4) is 0 Å². The highest BCUT2D eigenvalue weighted by molar-refractivity contribution is 5.96. The molecule has 106 valence electrons. The molecule has 1 saturated heterocycles. The minimum absolute atomic E-state index is 0.